The van der Waals surface area contributed by atoms with Gasteiger partial charge in [0.25, 0.3) is 5.91 Å². The number of primary amides is 1. The number of benzene rings is 5. The second kappa shape index (κ2) is 13.8. The van der Waals surface area contributed by atoms with Gasteiger partial charge in [-0.15, -0.1) is 0 Å². The number of ketones is 1. The van der Waals surface area contributed by atoms with Gasteiger partial charge in [-0.05, 0) is 77.2 Å². The first-order chi connectivity index (χ1) is 22.0. The Morgan fingerprint density at radius 2 is 1.39 bits per heavy atom. The van der Waals surface area contributed by atoms with E-state index in [1.54, 1.807) is 36.4 Å². The highest BCUT2D eigenvalue weighted by Crippen LogP contribution is 2.34. The van der Waals surface area contributed by atoms with Crippen LogP contribution < -0.4 is 10.6 Å². The maximum absolute atomic E-state index is 14.3. The Kier molecular flexibility index (Phi) is 9.61. The molecule has 0 aliphatic rings. The lowest BCUT2D eigenvalue weighted by Gasteiger charge is -2.33. The van der Waals surface area contributed by atoms with E-state index in [0.717, 1.165) is 29.8 Å². The molecule has 0 fully saturated rings. The molecule has 2 amide bonds. The molecule has 0 saturated heterocycles. The number of Topliss-reactive ketones (excluding diaryl/α,β-unsaturated/α-hetero) is 1. The molecule has 46 heavy (non-hydrogen) atoms. The van der Waals surface area contributed by atoms with Crippen LogP contribution in [0.5, 0.6) is 0 Å². The summed E-state index contributed by atoms with van der Waals surface area (Å²) in [6.07, 6.45) is -3.79. The Labute approximate surface area is 263 Å². The number of carbonyl (C=O) groups is 3. The van der Waals surface area contributed by atoms with Crippen molar-refractivity contribution in [3.63, 3.8) is 0 Å². The van der Waals surface area contributed by atoms with E-state index >= 15 is 0 Å². The van der Waals surface area contributed by atoms with Crippen molar-refractivity contribution in [1.82, 2.24) is 0 Å². The average Bonchev–Trinajstić information content (AvgIpc) is 3.04. The van der Waals surface area contributed by atoms with Gasteiger partial charge in [-0.1, -0.05) is 72.8 Å². The number of rotatable bonds is 11. The molecule has 0 saturated carbocycles. The molecule has 1 atom stereocenters. The molecule has 234 valence electrons. The molecular weight excluding hydrogens is 596 g/mol. The predicted octanol–water partition coefficient (Wildman–Crippen LogP) is 7.95. The molecular formula is C37H30F4N2O3. The third kappa shape index (κ3) is 7.31. The Hall–Kier alpha value is -5.31. The largest absolute Gasteiger partial charge is 0.416 e. The number of nitrogens with two attached hydrogens (primary N) is 1. The van der Waals surface area contributed by atoms with E-state index in [2.05, 4.69) is 0 Å². The van der Waals surface area contributed by atoms with E-state index in [-0.39, 0.29) is 29.7 Å². The number of hydrogen-bond acceptors (Lipinski definition) is 3. The first kappa shape index (κ1) is 32.1. The smallest absolute Gasteiger partial charge is 0.366 e. The third-order valence-corrected chi connectivity index (χ3v) is 7.83. The van der Waals surface area contributed by atoms with Crippen molar-refractivity contribution < 1.29 is 31.9 Å². The summed E-state index contributed by atoms with van der Waals surface area (Å²) < 4.78 is 53.8. The summed E-state index contributed by atoms with van der Waals surface area (Å²) in [4.78, 5) is 42.7. The minimum atomic E-state index is -4.57. The fraction of sp³-hybridized carbons (Fsp3) is 0.162. The second-order valence-electron chi connectivity index (χ2n) is 10.9. The summed E-state index contributed by atoms with van der Waals surface area (Å²) in [5, 5.41) is 1.15. The summed E-state index contributed by atoms with van der Waals surface area (Å²) in [5.74, 6) is -2.47. The SMILES string of the molecule is NC(=O)c1c(N(C(=O)CCCc2ccccc2)C(Cc2ccc(C(F)(F)F)cc2)C(=O)c2ccc(F)cc2)ccc2ccccc12. The van der Waals surface area contributed by atoms with Crippen LogP contribution in [0.3, 0.4) is 0 Å². The lowest BCUT2D eigenvalue weighted by molar-refractivity contribution is -0.137. The zero-order chi connectivity index (χ0) is 32.8. The van der Waals surface area contributed by atoms with Gasteiger partial charge < -0.3 is 10.6 Å². The molecule has 0 aliphatic carbocycles. The van der Waals surface area contributed by atoms with Gasteiger partial charge in [0.1, 0.15) is 11.9 Å². The number of amides is 2. The van der Waals surface area contributed by atoms with Crippen molar-refractivity contribution in [1.29, 1.82) is 0 Å². The molecule has 0 radical (unpaired) electrons. The van der Waals surface area contributed by atoms with Crippen molar-refractivity contribution in [2.45, 2.75) is 37.9 Å². The first-order valence-corrected chi connectivity index (χ1v) is 14.7. The number of hydrogen-bond donors (Lipinski definition) is 1. The normalized spacial score (nSPS) is 12.1. The van der Waals surface area contributed by atoms with E-state index in [4.69, 9.17) is 5.73 Å². The fourth-order valence-electron chi connectivity index (χ4n) is 5.57. The van der Waals surface area contributed by atoms with Crippen LogP contribution in [0, 0.1) is 5.82 Å². The number of alkyl halides is 3. The molecule has 0 bridgehead atoms. The molecule has 5 aromatic rings. The molecule has 2 N–H and O–H groups in total. The molecule has 9 heteroatoms. The van der Waals surface area contributed by atoms with Gasteiger partial charge in [-0.3, -0.25) is 14.4 Å². The zero-order valence-corrected chi connectivity index (χ0v) is 24.6. The summed E-state index contributed by atoms with van der Waals surface area (Å²) in [7, 11) is 0. The molecule has 0 aromatic heterocycles. The predicted molar refractivity (Wildman–Crippen MR) is 169 cm³/mol. The van der Waals surface area contributed by atoms with Gasteiger partial charge in [0.15, 0.2) is 5.78 Å². The van der Waals surface area contributed by atoms with Crippen molar-refractivity contribution in [2.24, 2.45) is 5.73 Å². The van der Waals surface area contributed by atoms with Gasteiger partial charge in [-0.25, -0.2) is 4.39 Å². The number of carbonyl (C=O) groups excluding carboxylic acids is 3. The Bertz CT molecular complexity index is 1860. The first-order valence-electron chi connectivity index (χ1n) is 14.7. The lowest BCUT2D eigenvalue weighted by Crippen LogP contribution is -2.47. The third-order valence-electron chi connectivity index (χ3n) is 7.83. The van der Waals surface area contributed by atoms with Gasteiger partial charge in [-0.2, -0.15) is 13.2 Å². The van der Waals surface area contributed by atoms with Crippen LogP contribution in [0.4, 0.5) is 23.2 Å². The number of nitrogens with zero attached hydrogens (tertiary/aromatic N) is 1. The minimum Gasteiger partial charge on any atom is -0.366 e. The van der Waals surface area contributed by atoms with Crippen LogP contribution in [0.15, 0.2) is 115 Å². The van der Waals surface area contributed by atoms with Crippen LogP contribution in [0.1, 0.15) is 50.2 Å². The molecule has 1 unspecified atom stereocenters. The maximum Gasteiger partial charge on any atom is 0.416 e. The van der Waals surface area contributed by atoms with Crippen molar-refractivity contribution in [2.75, 3.05) is 4.90 Å². The van der Waals surface area contributed by atoms with Crippen molar-refractivity contribution in [3.8, 4) is 0 Å². The van der Waals surface area contributed by atoms with Gasteiger partial charge in [0.05, 0.1) is 16.8 Å². The number of halogens is 4. The highest BCUT2D eigenvalue weighted by Gasteiger charge is 2.35. The van der Waals surface area contributed by atoms with Crippen LogP contribution in [-0.2, 0) is 23.8 Å². The lowest BCUT2D eigenvalue weighted by atomic mass is 9.92. The number of aryl methyl sites for hydroxylation is 1. The van der Waals surface area contributed by atoms with E-state index in [9.17, 15) is 31.9 Å². The molecule has 5 rings (SSSR count). The minimum absolute atomic E-state index is 0.0138. The Balaban J connectivity index is 1.64. The van der Waals surface area contributed by atoms with E-state index in [1.165, 1.54) is 29.2 Å². The quantitative estimate of drug-likeness (QED) is 0.119. The van der Waals surface area contributed by atoms with E-state index in [0.29, 0.717) is 29.2 Å². The van der Waals surface area contributed by atoms with Gasteiger partial charge >= 0.3 is 6.18 Å². The van der Waals surface area contributed by atoms with Gasteiger partial charge in [0, 0.05) is 18.4 Å². The zero-order valence-electron chi connectivity index (χ0n) is 24.6. The summed E-state index contributed by atoms with van der Waals surface area (Å²) in [6, 6.07) is 27.5. The summed E-state index contributed by atoms with van der Waals surface area (Å²) in [6.45, 7) is 0. The van der Waals surface area contributed by atoms with Crippen molar-refractivity contribution >= 4 is 34.1 Å². The maximum atomic E-state index is 14.3. The summed E-state index contributed by atoms with van der Waals surface area (Å²) >= 11 is 0. The topological polar surface area (TPSA) is 80.5 Å². The van der Waals surface area contributed by atoms with Crippen LogP contribution in [-0.4, -0.2) is 23.6 Å². The highest BCUT2D eigenvalue weighted by molar-refractivity contribution is 6.16. The number of anilines is 1. The van der Waals surface area contributed by atoms with E-state index in [1.807, 2.05) is 30.3 Å². The van der Waals surface area contributed by atoms with Crippen LogP contribution in [0.2, 0.25) is 0 Å². The molecule has 0 spiro atoms. The Morgan fingerprint density at radius 1 is 0.739 bits per heavy atom. The van der Waals surface area contributed by atoms with E-state index < -0.39 is 41.2 Å². The highest BCUT2D eigenvalue weighted by atomic mass is 19.4. The second-order valence-corrected chi connectivity index (χ2v) is 10.9. The fourth-order valence-corrected chi connectivity index (χ4v) is 5.57. The van der Waals surface area contributed by atoms with Crippen LogP contribution >= 0.6 is 0 Å². The van der Waals surface area contributed by atoms with Crippen molar-refractivity contribution in [3.05, 3.63) is 149 Å². The monoisotopic (exact) mass is 626 g/mol. The van der Waals surface area contributed by atoms with Gasteiger partial charge in [0.2, 0.25) is 5.91 Å². The van der Waals surface area contributed by atoms with Crippen LogP contribution in [0.25, 0.3) is 10.8 Å². The standard InChI is InChI=1S/C37H30F4N2O3/c38-29-20-15-27(16-21-29)35(45)32(23-25-13-18-28(19-14-25)37(39,40)41)43(33(44)12-6-9-24-7-2-1-3-8-24)31-22-17-26-10-4-5-11-30(26)34(31)36(42)46/h1-5,7-8,10-11,13-22,32H,6,9,12,23H2,(H2,42,46). The number of fused-ring (bicyclic) bond motifs is 1. The molecule has 0 heterocycles. The molecule has 0 aliphatic heterocycles. The Morgan fingerprint density at radius 3 is 2.04 bits per heavy atom. The average molecular weight is 627 g/mol. The molecule has 5 aromatic carbocycles. The summed E-state index contributed by atoms with van der Waals surface area (Å²) in [5.41, 5.74) is 6.60. The molecule has 5 nitrogen and oxygen atoms in total.